The second-order valence-electron chi connectivity index (χ2n) is 6.94. The Morgan fingerprint density at radius 2 is 1.75 bits per heavy atom. The van der Waals surface area contributed by atoms with Gasteiger partial charge in [0.15, 0.2) is 5.72 Å². The quantitative estimate of drug-likeness (QED) is 0.363. The van der Waals surface area contributed by atoms with Gasteiger partial charge < -0.3 is 24.8 Å². The van der Waals surface area contributed by atoms with E-state index < -0.39 is 30.1 Å². The van der Waals surface area contributed by atoms with E-state index in [1.165, 1.54) is 0 Å². The van der Waals surface area contributed by atoms with Crippen molar-refractivity contribution in [3.63, 3.8) is 0 Å². The molecular formula is C20H23N3O5. The Bertz CT molecular complexity index is 815. The first-order chi connectivity index (χ1) is 13.5. The van der Waals surface area contributed by atoms with E-state index in [9.17, 15) is 15.3 Å². The van der Waals surface area contributed by atoms with Crippen molar-refractivity contribution in [2.24, 2.45) is 5.11 Å². The minimum atomic E-state index is -2.25. The maximum Gasteiger partial charge on any atom is 0.195 e. The highest BCUT2D eigenvalue weighted by molar-refractivity contribution is 5.20. The number of rotatable bonds is 8. The van der Waals surface area contributed by atoms with E-state index in [-0.39, 0.29) is 19.6 Å². The monoisotopic (exact) mass is 385 g/mol. The average molecular weight is 385 g/mol. The fraction of sp³-hybridized carbons (Fsp3) is 0.400. The Morgan fingerprint density at radius 1 is 1.14 bits per heavy atom. The molecule has 148 valence electrons. The van der Waals surface area contributed by atoms with Crippen LogP contribution in [0.5, 0.6) is 0 Å². The van der Waals surface area contributed by atoms with Crippen molar-refractivity contribution in [2.45, 2.75) is 36.6 Å². The van der Waals surface area contributed by atoms with Gasteiger partial charge in [-0.2, -0.15) is 0 Å². The maximum absolute atomic E-state index is 11.3. The molecule has 0 amide bonds. The van der Waals surface area contributed by atoms with Gasteiger partial charge >= 0.3 is 0 Å². The molecule has 0 bridgehead atoms. The fourth-order valence-electron chi connectivity index (χ4n) is 3.42. The topological polar surface area (TPSA) is 128 Å². The normalized spacial score (nSPS) is 26.4. The number of hydrogen-bond donors (Lipinski definition) is 3. The summed E-state index contributed by atoms with van der Waals surface area (Å²) in [5.74, 6) is 0. The molecule has 3 rings (SSSR count). The predicted molar refractivity (Wildman–Crippen MR) is 101 cm³/mol. The van der Waals surface area contributed by atoms with Crippen LogP contribution in [0.25, 0.3) is 10.4 Å². The molecular weight excluding hydrogens is 362 g/mol. The van der Waals surface area contributed by atoms with Gasteiger partial charge in [-0.25, -0.2) is 0 Å². The van der Waals surface area contributed by atoms with Crippen LogP contribution in [-0.2, 0) is 22.5 Å². The second kappa shape index (κ2) is 8.70. The van der Waals surface area contributed by atoms with Gasteiger partial charge in [0.1, 0.15) is 17.8 Å². The Morgan fingerprint density at radius 3 is 2.32 bits per heavy atom. The molecule has 1 fully saturated rings. The van der Waals surface area contributed by atoms with Crippen LogP contribution in [0.2, 0.25) is 0 Å². The second-order valence-corrected chi connectivity index (χ2v) is 6.94. The molecule has 0 radical (unpaired) electrons. The van der Waals surface area contributed by atoms with E-state index in [0.717, 1.165) is 11.1 Å². The van der Waals surface area contributed by atoms with Gasteiger partial charge in [-0.1, -0.05) is 65.8 Å². The van der Waals surface area contributed by atoms with Gasteiger partial charge in [-0.15, -0.1) is 0 Å². The zero-order chi connectivity index (χ0) is 20.0. The number of benzene rings is 2. The number of aliphatic hydroxyl groups excluding tert-OH is 1. The van der Waals surface area contributed by atoms with Crippen LogP contribution in [0.4, 0.5) is 0 Å². The third-order valence-corrected chi connectivity index (χ3v) is 4.85. The maximum atomic E-state index is 11.3. The summed E-state index contributed by atoms with van der Waals surface area (Å²) in [6.07, 6.45) is -2.05. The summed E-state index contributed by atoms with van der Waals surface area (Å²) in [6.45, 7) is -0.857. The highest BCUT2D eigenvalue weighted by Crippen LogP contribution is 2.37. The summed E-state index contributed by atoms with van der Waals surface area (Å²) in [5.41, 5.74) is 6.78. The van der Waals surface area contributed by atoms with Crippen molar-refractivity contribution in [1.82, 2.24) is 0 Å². The molecule has 0 saturated carbocycles. The van der Waals surface area contributed by atoms with E-state index in [1.807, 2.05) is 60.7 Å². The van der Waals surface area contributed by atoms with Crippen LogP contribution in [0, 0.1) is 0 Å². The Balaban J connectivity index is 1.88. The number of aliphatic hydroxyl groups is 3. The summed E-state index contributed by atoms with van der Waals surface area (Å²) in [6, 6.07) is 18.7. The van der Waals surface area contributed by atoms with Gasteiger partial charge in [0.2, 0.25) is 0 Å². The van der Waals surface area contributed by atoms with Crippen LogP contribution in [-0.4, -0.2) is 52.1 Å². The van der Waals surface area contributed by atoms with Gasteiger partial charge in [-0.3, -0.25) is 0 Å². The molecule has 3 N–H and O–H groups in total. The third kappa shape index (κ3) is 4.34. The molecule has 0 aliphatic carbocycles. The lowest BCUT2D eigenvalue weighted by Crippen LogP contribution is -2.55. The van der Waals surface area contributed by atoms with E-state index in [0.29, 0.717) is 0 Å². The summed E-state index contributed by atoms with van der Waals surface area (Å²) in [7, 11) is 0. The zero-order valence-electron chi connectivity index (χ0n) is 15.3. The highest BCUT2D eigenvalue weighted by Gasteiger charge is 2.57. The van der Waals surface area contributed by atoms with E-state index >= 15 is 0 Å². The minimum Gasteiger partial charge on any atom is -0.393 e. The van der Waals surface area contributed by atoms with E-state index in [1.54, 1.807) is 0 Å². The molecule has 2 aromatic rings. The molecule has 0 aromatic heterocycles. The van der Waals surface area contributed by atoms with Crippen LogP contribution in [0.1, 0.15) is 11.1 Å². The molecule has 28 heavy (non-hydrogen) atoms. The molecule has 2 aromatic carbocycles. The lowest BCUT2D eigenvalue weighted by Gasteiger charge is -2.35. The van der Waals surface area contributed by atoms with Crippen molar-refractivity contribution in [3.05, 3.63) is 82.2 Å². The number of nitrogens with zero attached hydrogens (tertiary/aromatic N) is 3. The Kier molecular flexibility index (Phi) is 6.31. The molecule has 1 saturated heterocycles. The first-order valence-electron chi connectivity index (χ1n) is 8.94. The standard InChI is InChI=1S/C20H23N3O5/c21-23-22-20(26,13-24)18-17(27-12-16-9-5-2-6-10-16)19(25,14-28-18)11-15-7-3-1-4-8-15/h1-10,17-18,24-26H,11-14H2/t17-,18+,19-,20-/m0/s1. The molecule has 1 heterocycles. The van der Waals surface area contributed by atoms with Gasteiger partial charge in [0.05, 0.1) is 19.8 Å². The molecule has 8 heteroatoms. The summed E-state index contributed by atoms with van der Waals surface area (Å²) in [4.78, 5) is 2.61. The molecule has 8 nitrogen and oxygen atoms in total. The van der Waals surface area contributed by atoms with Crippen molar-refractivity contribution < 1.29 is 24.8 Å². The third-order valence-electron chi connectivity index (χ3n) is 4.85. The van der Waals surface area contributed by atoms with Crippen LogP contribution >= 0.6 is 0 Å². The number of hydrogen-bond acceptors (Lipinski definition) is 6. The van der Waals surface area contributed by atoms with Crippen molar-refractivity contribution >= 4 is 0 Å². The van der Waals surface area contributed by atoms with Crippen LogP contribution in [0.3, 0.4) is 0 Å². The Hall–Kier alpha value is -2.45. The average Bonchev–Trinajstić information content (AvgIpc) is 3.04. The van der Waals surface area contributed by atoms with E-state index in [4.69, 9.17) is 15.0 Å². The van der Waals surface area contributed by atoms with Crippen molar-refractivity contribution in [1.29, 1.82) is 0 Å². The van der Waals surface area contributed by atoms with E-state index in [2.05, 4.69) is 10.0 Å². The fourth-order valence-corrected chi connectivity index (χ4v) is 3.42. The summed E-state index contributed by atoms with van der Waals surface area (Å²) < 4.78 is 11.6. The zero-order valence-corrected chi connectivity index (χ0v) is 15.3. The lowest BCUT2D eigenvalue weighted by atomic mass is 9.86. The van der Waals surface area contributed by atoms with Gasteiger partial charge in [0, 0.05) is 11.3 Å². The predicted octanol–water partition coefficient (Wildman–Crippen LogP) is 1.94. The molecule has 1 aliphatic heterocycles. The number of ether oxygens (including phenoxy) is 2. The first kappa shape index (κ1) is 20.3. The van der Waals surface area contributed by atoms with Gasteiger partial charge in [-0.05, 0) is 16.7 Å². The lowest BCUT2D eigenvalue weighted by molar-refractivity contribution is -0.160. The Labute approximate surface area is 162 Å². The van der Waals surface area contributed by atoms with Crippen LogP contribution in [0.15, 0.2) is 65.8 Å². The molecule has 0 unspecified atom stereocenters. The van der Waals surface area contributed by atoms with Gasteiger partial charge in [0.25, 0.3) is 0 Å². The molecule has 1 aliphatic rings. The molecule has 0 spiro atoms. The van der Waals surface area contributed by atoms with Crippen molar-refractivity contribution in [2.75, 3.05) is 13.2 Å². The highest BCUT2D eigenvalue weighted by atomic mass is 16.6. The largest absolute Gasteiger partial charge is 0.393 e. The van der Waals surface area contributed by atoms with Crippen molar-refractivity contribution in [3.8, 4) is 0 Å². The minimum absolute atomic E-state index is 0.144. The summed E-state index contributed by atoms with van der Waals surface area (Å²) in [5, 5.41) is 34.8. The SMILES string of the molecule is [N-]=[N+]=N[C@](O)(CO)[C@@H]1OC[C@@](O)(Cc2ccccc2)[C@H]1OCc1ccccc1. The van der Waals surface area contributed by atoms with Crippen LogP contribution < -0.4 is 0 Å². The first-order valence-corrected chi connectivity index (χ1v) is 8.94. The smallest absolute Gasteiger partial charge is 0.195 e. The molecule has 4 atom stereocenters. The summed E-state index contributed by atoms with van der Waals surface area (Å²) >= 11 is 0. The number of azide groups is 1.